The van der Waals surface area contributed by atoms with Crippen molar-refractivity contribution >= 4 is 22.7 Å². The third-order valence-corrected chi connectivity index (χ3v) is 5.50. The maximum absolute atomic E-state index is 6.16. The molecule has 0 aliphatic heterocycles. The van der Waals surface area contributed by atoms with Crippen LogP contribution in [0.4, 0.5) is 22.7 Å². The second-order valence-electron chi connectivity index (χ2n) is 7.11. The van der Waals surface area contributed by atoms with Gasteiger partial charge in [0.15, 0.2) is 0 Å². The molecule has 0 atom stereocenters. The lowest BCUT2D eigenvalue weighted by molar-refractivity contribution is 0.684. The number of azo groups is 2. The first kappa shape index (κ1) is 16.9. The van der Waals surface area contributed by atoms with Crippen molar-refractivity contribution in [2.45, 2.75) is 51.4 Å². The van der Waals surface area contributed by atoms with Crippen LogP contribution in [0.2, 0.25) is 0 Å². The van der Waals surface area contributed by atoms with Crippen molar-refractivity contribution in [2.24, 2.45) is 20.5 Å². The van der Waals surface area contributed by atoms with E-state index in [1.807, 2.05) is 24.3 Å². The number of nitrogens with zero attached hydrogens (tertiary/aromatic N) is 4. The molecule has 4 rings (SSSR count). The zero-order chi connectivity index (χ0) is 17.9. The Morgan fingerprint density at radius 2 is 1.04 bits per heavy atom. The molecule has 0 spiro atoms. The van der Waals surface area contributed by atoms with Crippen molar-refractivity contribution in [2.75, 3.05) is 12.8 Å². The van der Waals surface area contributed by atoms with E-state index in [1.165, 1.54) is 47.9 Å². The highest BCUT2D eigenvalue weighted by molar-refractivity contribution is 5.64. The Labute approximate surface area is 154 Å². The molecule has 2 aromatic carbocycles. The Bertz CT molecular complexity index is 882. The molecule has 5 heteroatoms. The summed E-state index contributed by atoms with van der Waals surface area (Å²) in [6.07, 6.45) is 8.98. The second-order valence-corrected chi connectivity index (χ2v) is 7.11. The lowest BCUT2D eigenvalue weighted by Crippen LogP contribution is -2.06. The summed E-state index contributed by atoms with van der Waals surface area (Å²) in [5, 5.41) is 17.5. The number of rotatable bonds is 3. The fraction of sp³-hybridized carbons (Fsp3) is 0.429. The van der Waals surface area contributed by atoms with Crippen molar-refractivity contribution in [1.82, 2.24) is 0 Å². The molecular formula is C21H25N5. The van der Waals surface area contributed by atoms with Crippen LogP contribution in [0.5, 0.6) is 0 Å². The van der Waals surface area contributed by atoms with Crippen LogP contribution in [0.15, 0.2) is 44.7 Å². The van der Waals surface area contributed by atoms with Crippen LogP contribution in [0.25, 0.3) is 0 Å². The standard InChI is InChI=1S/C21H25N5/c1-23-24-19-12-13-21(17-9-5-4-8-16(17)19)26-25-20-11-10-18(22)14-6-2-3-7-15(14)20/h10-13H,2-9,22H2,1H3. The summed E-state index contributed by atoms with van der Waals surface area (Å²) in [5.41, 5.74) is 15.1. The van der Waals surface area contributed by atoms with Gasteiger partial charge in [-0.25, -0.2) is 0 Å². The average molecular weight is 347 g/mol. The van der Waals surface area contributed by atoms with Crippen molar-refractivity contribution in [1.29, 1.82) is 0 Å². The first-order valence-corrected chi connectivity index (χ1v) is 9.54. The molecule has 0 unspecified atom stereocenters. The topological polar surface area (TPSA) is 75.5 Å². The Morgan fingerprint density at radius 1 is 0.615 bits per heavy atom. The van der Waals surface area contributed by atoms with Gasteiger partial charge in [-0.05, 0) is 97.9 Å². The number of hydrogen-bond donors (Lipinski definition) is 1. The van der Waals surface area contributed by atoms with Gasteiger partial charge in [-0.15, -0.1) is 0 Å². The number of hydrogen-bond acceptors (Lipinski definition) is 5. The van der Waals surface area contributed by atoms with E-state index in [0.717, 1.165) is 48.4 Å². The van der Waals surface area contributed by atoms with Crippen molar-refractivity contribution < 1.29 is 0 Å². The zero-order valence-electron chi connectivity index (χ0n) is 15.3. The third kappa shape index (κ3) is 3.14. The number of nitrogen functional groups attached to an aromatic ring is 1. The number of anilines is 1. The minimum absolute atomic E-state index is 0.894. The minimum atomic E-state index is 0.894. The molecular weight excluding hydrogens is 322 g/mol. The average Bonchev–Trinajstić information content (AvgIpc) is 2.69. The maximum atomic E-state index is 6.16. The van der Waals surface area contributed by atoms with Gasteiger partial charge in [-0.3, -0.25) is 0 Å². The third-order valence-electron chi connectivity index (χ3n) is 5.50. The van der Waals surface area contributed by atoms with Crippen molar-refractivity contribution in [3.8, 4) is 0 Å². The first-order valence-electron chi connectivity index (χ1n) is 9.54. The van der Waals surface area contributed by atoms with Crippen LogP contribution in [-0.2, 0) is 25.7 Å². The lowest BCUT2D eigenvalue weighted by Gasteiger charge is -2.20. The highest BCUT2D eigenvalue weighted by Crippen LogP contribution is 2.38. The molecule has 0 bridgehead atoms. The smallest absolute Gasteiger partial charge is 0.0893 e. The Morgan fingerprint density at radius 3 is 1.58 bits per heavy atom. The summed E-state index contributed by atoms with van der Waals surface area (Å²) in [6.45, 7) is 0. The maximum Gasteiger partial charge on any atom is 0.0893 e. The molecule has 2 aliphatic rings. The van der Waals surface area contributed by atoms with E-state index >= 15 is 0 Å². The van der Waals surface area contributed by atoms with Gasteiger partial charge in [0.1, 0.15) is 0 Å². The van der Waals surface area contributed by atoms with Gasteiger partial charge in [-0.1, -0.05) is 0 Å². The highest BCUT2D eigenvalue weighted by Gasteiger charge is 2.18. The van der Waals surface area contributed by atoms with Gasteiger partial charge in [0, 0.05) is 12.7 Å². The summed E-state index contributed by atoms with van der Waals surface area (Å²) in [6, 6.07) is 8.03. The van der Waals surface area contributed by atoms with E-state index < -0.39 is 0 Å². The molecule has 2 aliphatic carbocycles. The lowest BCUT2D eigenvalue weighted by atomic mass is 9.89. The van der Waals surface area contributed by atoms with E-state index in [4.69, 9.17) is 5.73 Å². The van der Waals surface area contributed by atoms with E-state index in [0.29, 0.717) is 0 Å². The molecule has 0 radical (unpaired) electrons. The SMILES string of the molecule is CN=Nc1ccc(N=Nc2ccc(N)c3c2CCCC3)c2c1CCCC2. The number of fused-ring (bicyclic) bond motifs is 2. The molecule has 134 valence electrons. The second kappa shape index (κ2) is 7.36. The molecule has 0 heterocycles. The summed E-state index contributed by atoms with van der Waals surface area (Å²) in [4.78, 5) is 0. The van der Waals surface area contributed by atoms with Crippen LogP contribution in [0.3, 0.4) is 0 Å². The highest BCUT2D eigenvalue weighted by atomic mass is 15.1. The van der Waals surface area contributed by atoms with Gasteiger partial charge in [0.05, 0.1) is 17.1 Å². The predicted octanol–water partition coefficient (Wildman–Crippen LogP) is 6.16. The Balaban J connectivity index is 1.72. The molecule has 2 aromatic rings. The van der Waals surface area contributed by atoms with Crippen LogP contribution in [0.1, 0.15) is 47.9 Å². The molecule has 0 saturated heterocycles. The summed E-state index contributed by atoms with van der Waals surface area (Å²) in [5.74, 6) is 0. The molecule has 5 nitrogen and oxygen atoms in total. The van der Waals surface area contributed by atoms with Crippen LogP contribution in [0, 0.1) is 0 Å². The monoisotopic (exact) mass is 347 g/mol. The fourth-order valence-corrected chi connectivity index (χ4v) is 4.20. The van der Waals surface area contributed by atoms with Crippen molar-refractivity contribution in [3.05, 3.63) is 46.5 Å². The number of benzene rings is 2. The molecule has 0 amide bonds. The molecule has 0 saturated carbocycles. The van der Waals surface area contributed by atoms with Gasteiger partial charge >= 0.3 is 0 Å². The number of nitrogens with two attached hydrogens (primary N) is 1. The van der Waals surface area contributed by atoms with Crippen LogP contribution < -0.4 is 5.73 Å². The summed E-state index contributed by atoms with van der Waals surface area (Å²) >= 11 is 0. The van der Waals surface area contributed by atoms with E-state index in [-0.39, 0.29) is 0 Å². The van der Waals surface area contributed by atoms with Gasteiger partial charge in [0.2, 0.25) is 0 Å². The van der Waals surface area contributed by atoms with Crippen LogP contribution >= 0.6 is 0 Å². The normalized spacial score (nSPS) is 16.8. The Kier molecular flexibility index (Phi) is 4.78. The minimum Gasteiger partial charge on any atom is -0.398 e. The van der Waals surface area contributed by atoms with E-state index in [9.17, 15) is 0 Å². The fourth-order valence-electron chi connectivity index (χ4n) is 4.20. The van der Waals surface area contributed by atoms with Gasteiger partial charge < -0.3 is 5.73 Å². The summed E-state index contributed by atoms with van der Waals surface area (Å²) < 4.78 is 0. The Hall–Kier alpha value is -2.56. The zero-order valence-corrected chi connectivity index (χ0v) is 15.3. The molecule has 2 N–H and O–H groups in total. The largest absolute Gasteiger partial charge is 0.398 e. The molecule has 0 fully saturated rings. The van der Waals surface area contributed by atoms with Gasteiger partial charge in [-0.2, -0.15) is 20.5 Å². The quantitative estimate of drug-likeness (QED) is 0.524. The predicted molar refractivity (Wildman–Crippen MR) is 105 cm³/mol. The van der Waals surface area contributed by atoms with Gasteiger partial charge in [0.25, 0.3) is 0 Å². The van der Waals surface area contributed by atoms with E-state index in [1.54, 1.807) is 7.05 Å². The van der Waals surface area contributed by atoms with E-state index in [2.05, 4.69) is 20.5 Å². The molecule has 26 heavy (non-hydrogen) atoms. The first-order chi connectivity index (χ1) is 12.8. The van der Waals surface area contributed by atoms with Crippen LogP contribution in [-0.4, -0.2) is 7.05 Å². The van der Waals surface area contributed by atoms with Crippen molar-refractivity contribution in [3.63, 3.8) is 0 Å². The summed E-state index contributed by atoms with van der Waals surface area (Å²) in [7, 11) is 1.72. The molecule has 0 aromatic heterocycles.